The van der Waals surface area contributed by atoms with Crippen molar-refractivity contribution >= 4 is 11.6 Å². The van der Waals surface area contributed by atoms with Crippen LogP contribution in [0.5, 0.6) is 0 Å². The minimum Gasteiger partial charge on any atom is -0.384 e. The fourth-order valence-electron chi connectivity index (χ4n) is 1.41. The van der Waals surface area contributed by atoms with Gasteiger partial charge in [-0.2, -0.15) is 5.10 Å². The average Bonchev–Trinajstić information content (AvgIpc) is 2.66. The van der Waals surface area contributed by atoms with Crippen molar-refractivity contribution in [2.24, 2.45) is 0 Å². The summed E-state index contributed by atoms with van der Waals surface area (Å²) in [6.07, 6.45) is 3.70. The van der Waals surface area contributed by atoms with Gasteiger partial charge in [-0.25, -0.2) is 4.98 Å². The van der Waals surface area contributed by atoms with Crippen LogP contribution in [-0.2, 0) is 6.54 Å². The van der Waals surface area contributed by atoms with Crippen molar-refractivity contribution in [1.82, 2.24) is 14.8 Å². The normalized spacial score (nSPS) is 10.5. The summed E-state index contributed by atoms with van der Waals surface area (Å²) in [6, 6.07) is 3.59. The number of rotatable bonds is 2. The van der Waals surface area contributed by atoms with E-state index in [9.17, 15) is 0 Å². The Bertz CT molecular complexity index is 474. The highest BCUT2D eigenvalue weighted by molar-refractivity contribution is 5.73. The molecule has 78 valence electrons. The van der Waals surface area contributed by atoms with Crippen molar-refractivity contribution in [2.45, 2.75) is 13.5 Å². The summed E-state index contributed by atoms with van der Waals surface area (Å²) in [6.45, 7) is 2.86. The first-order valence-electron chi connectivity index (χ1n) is 4.75. The average molecular weight is 203 g/mol. The van der Waals surface area contributed by atoms with Crippen molar-refractivity contribution < 1.29 is 0 Å². The van der Waals surface area contributed by atoms with E-state index in [0.29, 0.717) is 11.6 Å². The molecule has 0 aliphatic rings. The van der Waals surface area contributed by atoms with Gasteiger partial charge in [0.15, 0.2) is 0 Å². The van der Waals surface area contributed by atoms with Gasteiger partial charge in [0.2, 0.25) is 0 Å². The van der Waals surface area contributed by atoms with Gasteiger partial charge in [-0.15, -0.1) is 0 Å². The third kappa shape index (κ3) is 1.76. The van der Waals surface area contributed by atoms with E-state index in [4.69, 9.17) is 11.5 Å². The minimum absolute atomic E-state index is 0.430. The first-order chi connectivity index (χ1) is 7.20. The zero-order valence-electron chi connectivity index (χ0n) is 8.51. The van der Waals surface area contributed by atoms with E-state index in [1.54, 1.807) is 12.3 Å². The number of hydrogen-bond acceptors (Lipinski definition) is 4. The van der Waals surface area contributed by atoms with Crippen molar-refractivity contribution in [3.05, 3.63) is 24.5 Å². The van der Waals surface area contributed by atoms with Crippen LogP contribution in [0.25, 0.3) is 11.1 Å². The molecule has 2 rings (SSSR count). The monoisotopic (exact) mass is 203 g/mol. The summed E-state index contributed by atoms with van der Waals surface area (Å²) < 4.78 is 1.84. The molecule has 0 aliphatic carbocycles. The topological polar surface area (TPSA) is 82.8 Å². The van der Waals surface area contributed by atoms with Gasteiger partial charge in [0.1, 0.15) is 11.6 Å². The minimum atomic E-state index is 0.430. The van der Waals surface area contributed by atoms with E-state index >= 15 is 0 Å². The van der Waals surface area contributed by atoms with Crippen LogP contribution < -0.4 is 11.5 Å². The van der Waals surface area contributed by atoms with E-state index in [1.807, 2.05) is 23.9 Å². The molecule has 5 nitrogen and oxygen atoms in total. The molecule has 0 amide bonds. The van der Waals surface area contributed by atoms with E-state index < -0.39 is 0 Å². The lowest BCUT2D eigenvalue weighted by molar-refractivity contribution is 0.660. The molecule has 0 fully saturated rings. The Balaban J connectivity index is 2.44. The quantitative estimate of drug-likeness (QED) is 0.766. The van der Waals surface area contributed by atoms with Crippen LogP contribution in [-0.4, -0.2) is 14.8 Å². The van der Waals surface area contributed by atoms with Crippen molar-refractivity contribution in [3.63, 3.8) is 0 Å². The molecule has 0 spiro atoms. The molecule has 0 saturated heterocycles. The largest absolute Gasteiger partial charge is 0.384 e. The Morgan fingerprint density at radius 1 is 1.33 bits per heavy atom. The maximum atomic E-state index is 5.78. The highest BCUT2D eigenvalue weighted by Gasteiger charge is 2.06. The number of aryl methyl sites for hydroxylation is 1. The Kier molecular flexibility index (Phi) is 2.29. The molecule has 5 heteroatoms. The van der Waals surface area contributed by atoms with E-state index in [2.05, 4.69) is 10.1 Å². The van der Waals surface area contributed by atoms with E-state index in [0.717, 1.165) is 17.7 Å². The number of anilines is 2. The van der Waals surface area contributed by atoms with Crippen LogP contribution in [0.2, 0.25) is 0 Å². The lowest BCUT2D eigenvalue weighted by atomic mass is 10.1. The summed E-state index contributed by atoms with van der Waals surface area (Å²) >= 11 is 0. The molecule has 2 heterocycles. The molecule has 2 aromatic heterocycles. The van der Waals surface area contributed by atoms with Crippen molar-refractivity contribution in [3.8, 4) is 11.1 Å². The van der Waals surface area contributed by atoms with Crippen LogP contribution in [0, 0.1) is 0 Å². The molecule has 0 radical (unpaired) electrons. The Labute approximate surface area is 87.7 Å². The number of pyridine rings is 1. The summed E-state index contributed by atoms with van der Waals surface area (Å²) in [4.78, 5) is 4.00. The maximum Gasteiger partial charge on any atom is 0.133 e. The van der Waals surface area contributed by atoms with Gasteiger partial charge in [-0.3, -0.25) is 4.68 Å². The zero-order valence-corrected chi connectivity index (χ0v) is 8.51. The smallest absolute Gasteiger partial charge is 0.133 e. The maximum absolute atomic E-state index is 5.78. The number of nitrogen functional groups attached to an aromatic ring is 2. The SMILES string of the molecule is CCn1cc(-c2ccc(N)nc2N)cn1. The van der Waals surface area contributed by atoms with Crippen LogP contribution in [0.15, 0.2) is 24.5 Å². The molecular weight excluding hydrogens is 190 g/mol. The van der Waals surface area contributed by atoms with Gasteiger partial charge in [0, 0.05) is 23.9 Å². The second kappa shape index (κ2) is 3.61. The standard InChI is InChI=1S/C10H13N5/c1-2-15-6-7(5-13-15)8-3-4-9(11)14-10(8)12/h3-6H,2H2,1H3,(H4,11,12,14). The summed E-state index contributed by atoms with van der Waals surface area (Å²) in [7, 11) is 0. The summed E-state index contributed by atoms with van der Waals surface area (Å²) in [5.74, 6) is 0.866. The van der Waals surface area contributed by atoms with Crippen molar-refractivity contribution in [1.29, 1.82) is 0 Å². The third-order valence-electron chi connectivity index (χ3n) is 2.21. The molecule has 0 unspecified atom stereocenters. The lowest BCUT2D eigenvalue weighted by Crippen LogP contribution is -1.97. The predicted octanol–water partition coefficient (Wildman–Crippen LogP) is 1.13. The number of nitrogens with two attached hydrogens (primary N) is 2. The fourth-order valence-corrected chi connectivity index (χ4v) is 1.41. The first-order valence-corrected chi connectivity index (χ1v) is 4.75. The number of nitrogens with zero attached hydrogens (tertiary/aromatic N) is 3. The van der Waals surface area contributed by atoms with Crippen LogP contribution >= 0.6 is 0 Å². The first kappa shape index (κ1) is 9.51. The molecule has 0 aliphatic heterocycles. The molecular formula is C10H13N5. The summed E-state index contributed by atoms with van der Waals surface area (Å²) in [5, 5.41) is 4.18. The lowest BCUT2D eigenvalue weighted by Gasteiger charge is -2.02. The van der Waals surface area contributed by atoms with E-state index in [1.165, 1.54) is 0 Å². The molecule has 4 N–H and O–H groups in total. The Morgan fingerprint density at radius 2 is 2.13 bits per heavy atom. The highest BCUT2D eigenvalue weighted by Crippen LogP contribution is 2.24. The third-order valence-corrected chi connectivity index (χ3v) is 2.21. The van der Waals surface area contributed by atoms with Crippen LogP contribution in [0.3, 0.4) is 0 Å². The van der Waals surface area contributed by atoms with Gasteiger partial charge in [-0.1, -0.05) is 0 Å². The molecule has 0 aromatic carbocycles. The molecule has 0 saturated carbocycles. The second-order valence-electron chi connectivity index (χ2n) is 3.25. The molecule has 0 bridgehead atoms. The zero-order chi connectivity index (χ0) is 10.8. The summed E-state index contributed by atoms with van der Waals surface area (Å²) in [5.41, 5.74) is 13.1. The predicted molar refractivity (Wildman–Crippen MR) is 60.0 cm³/mol. The Morgan fingerprint density at radius 3 is 2.73 bits per heavy atom. The number of hydrogen-bond donors (Lipinski definition) is 2. The Hall–Kier alpha value is -2.04. The highest BCUT2D eigenvalue weighted by atomic mass is 15.3. The van der Waals surface area contributed by atoms with Crippen LogP contribution in [0.1, 0.15) is 6.92 Å². The van der Waals surface area contributed by atoms with Crippen molar-refractivity contribution in [2.75, 3.05) is 11.5 Å². The van der Waals surface area contributed by atoms with Gasteiger partial charge in [0.05, 0.1) is 6.20 Å². The van der Waals surface area contributed by atoms with Gasteiger partial charge >= 0.3 is 0 Å². The van der Waals surface area contributed by atoms with Gasteiger partial charge in [-0.05, 0) is 19.1 Å². The number of aromatic nitrogens is 3. The van der Waals surface area contributed by atoms with Crippen LogP contribution in [0.4, 0.5) is 11.6 Å². The van der Waals surface area contributed by atoms with E-state index in [-0.39, 0.29) is 0 Å². The van der Waals surface area contributed by atoms with Gasteiger partial charge in [0.25, 0.3) is 0 Å². The molecule has 15 heavy (non-hydrogen) atoms. The second-order valence-corrected chi connectivity index (χ2v) is 3.25. The van der Waals surface area contributed by atoms with Gasteiger partial charge < -0.3 is 11.5 Å². The molecule has 0 atom stereocenters. The fraction of sp³-hybridized carbons (Fsp3) is 0.200. The molecule has 2 aromatic rings.